The summed E-state index contributed by atoms with van der Waals surface area (Å²) in [6, 6.07) is 3.74. The van der Waals surface area contributed by atoms with E-state index in [1.165, 1.54) is 0 Å². The molecule has 13 heavy (non-hydrogen) atoms. The number of halogens is 1. The quantitative estimate of drug-likeness (QED) is 0.559. The van der Waals surface area contributed by atoms with Crippen LogP contribution in [0.15, 0.2) is 12.1 Å². The van der Waals surface area contributed by atoms with Gasteiger partial charge in [-0.2, -0.15) is 10.2 Å². The second kappa shape index (κ2) is 5.16. The molecule has 0 aliphatic heterocycles. The van der Waals surface area contributed by atoms with E-state index < -0.39 is 0 Å². The predicted octanol–water partition coefficient (Wildman–Crippen LogP) is -0.439. The van der Waals surface area contributed by atoms with Crippen molar-refractivity contribution in [2.24, 2.45) is 0 Å². The Morgan fingerprint density at radius 2 is 2.31 bits per heavy atom. The first kappa shape index (κ1) is 10.4. The van der Waals surface area contributed by atoms with Crippen molar-refractivity contribution < 1.29 is 7.86 Å². The minimum absolute atomic E-state index is 0.233. The summed E-state index contributed by atoms with van der Waals surface area (Å²) in [7, 11) is 1.87. The molecule has 0 N–H and O–H groups in total. The second-order valence-electron chi connectivity index (χ2n) is 2.62. The largest absolute Gasteiger partial charge is 0.394 e. The maximum Gasteiger partial charge on any atom is 0.315 e. The Labute approximate surface area is 91.2 Å². The van der Waals surface area contributed by atoms with E-state index in [4.69, 9.17) is 0 Å². The summed E-state index contributed by atoms with van der Waals surface area (Å²) in [6.45, 7) is 0. The van der Waals surface area contributed by atoms with Crippen molar-refractivity contribution in [1.82, 2.24) is 10.2 Å². The summed E-state index contributed by atoms with van der Waals surface area (Å²) in [5.41, 5.74) is 1.69. The van der Waals surface area contributed by atoms with Crippen LogP contribution in [0.2, 0.25) is 0 Å². The fourth-order valence-electron chi connectivity index (χ4n) is 0.829. The number of carbonyl (C=O) groups excluding carboxylic acids is 1. The van der Waals surface area contributed by atoms with E-state index in [0.717, 1.165) is 11.3 Å². The molecule has 0 radical (unpaired) electrons. The lowest BCUT2D eigenvalue weighted by molar-refractivity contribution is -0.131. The Kier molecular flexibility index (Phi) is 4.14. The van der Waals surface area contributed by atoms with E-state index in [9.17, 15) is 4.79 Å². The van der Waals surface area contributed by atoms with Gasteiger partial charge >= 0.3 is 5.97 Å². The van der Waals surface area contributed by atoms with Gasteiger partial charge in [-0.3, -0.25) is 4.79 Å². The van der Waals surface area contributed by atoms with E-state index in [2.05, 4.69) is 13.3 Å². The number of aromatic nitrogens is 2. The number of carbonyl (C=O) groups is 1. The molecule has 0 amide bonds. The zero-order valence-corrected chi connectivity index (χ0v) is 9.32. The van der Waals surface area contributed by atoms with E-state index >= 15 is 0 Å². The minimum Gasteiger partial charge on any atom is -0.394 e. The van der Waals surface area contributed by atoms with Gasteiger partial charge in [-0.1, -0.05) is 0 Å². The number of hydrogen-bond acceptors (Lipinski definition) is 4. The van der Waals surface area contributed by atoms with Crippen LogP contribution in [0.3, 0.4) is 0 Å². The molecule has 6 heteroatoms. The van der Waals surface area contributed by atoms with Crippen LogP contribution < -0.4 is 5.59 Å². The average Bonchev–Trinajstić information content (AvgIpc) is 2.16. The Morgan fingerprint density at radius 1 is 1.54 bits per heavy atom. The lowest BCUT2D eigenvalue weighted by atomic mass is 10.0. The maximum atomic E-state index is 10.8. The summed E-state index contributed by atoms with van der Waals surface area (Å²) in [5, 5.41) is 7.80. The highest BCUT2D eigenvalue weighted by molar-refractivity contribution is 14.1. The van der Waals surface area contributed by atoms with Crippen molar-refractivity contribution >= 4 is 42.4 Å². The summed E-state index contributed by atoms with van der Waals surface area (Å²) in [5.74, 6) is -0.233. The zero-order chi connectivity index (χ0) is 9.68. The zero-order valence-electron chi connectivity index (χ0n) is 7.16. The normalized spacial score (nSPS) is 9.62. The molecule has 0 aliphatic carbocycles. The molecule has 0 saturated heterocycles. The third-order valence-corrected chi connectivity index (χ3v) is 2.02. The highest BCUT2D eigenvalue weighted by Crippen LogP contribution is 1.99. The van der Waals surface area contributed by atoms with Crippen molar-refractivity contribution in [1.29, 1.82) is 0 Å². The van der Waals surface area contributed by atoms with E-state index in [1.807, 2.05) is 20.0 Å². The highest BCUT2D eigenvalue weighted by atomic mass is 127. The van der Waals surface area contributed by atoms with Gasteiger partial charge in [0.15, 0.2) is 30.9 Å². The van der Waals surface area contributed by atoms with Gasteiger partial charge in [0, 0.05) is 12.0 Å². The number of aryl methyl sites for hydroxylation is 1. The molecule has 0 fully saturated rings. The Balaban J connectivity index is 2.46. The molecule has 4 nitrogen and oxygen atoms in total. The summed E-state index contributed by atoms with van der Waals surface area (Å²) in [4.78, 5) is 10.8. The Bertz CT molecular complexity index is 291. The van der Waals surface area contributed by atoms with E-state index in [1.54, 1.807) is 23.0 Å². The van der Waals surface area contributed by atoms with Crippen molar-refractivity contribution in [3.8, 4) is 0 Å². The lowest BCUT2D eigenvalue weighted by Gasteiger charge is -1.97. The molecule has 0 aromatic carbocycles. The molecule has 68 valence electrons. The summed E-state index contributed by atoms with van der Waals surface area (Å²) < 4.78 is 4.48. The molecular formula is C7H8BIN2O2. The van der Waals surface area contributed by atoms with Crippen LogP contribution in [-0.2, 0) is 14.3 Å². The molecule has 0 atom stereocenters. The molecule has 0 bridgehead atoms. The van der Waals surface area contributed by atoms with Crippen molar-refractivity contribution in [2.45, 2.75) is 12.8 Å². The van der Waals surface area contributed by atoms with E-state index in [-0.39, 0.29) is 5.97 Å². The molecule has 0 aliphatic rings. The van der Waals surface area contributed by atoms with Crippen LogP contribution in [-0.4, -0.2) is 24.0 Å². The smallest absolute Gasteiger partial charge is 0.315 e. The third-order valence-electron chi connectivity index (χ3n) is 1.52. The first-order valence-electron chi connectivity index (χ1n) is 3.83. The van der Waals surface area contributed by atoms with Gasteiger partial charge in [0.1, 0.15) is 0 Å². The maximum absolute atomic E-state index is 10.8. The summed E-state index contributed by atoms with van der Waals surface area (Å²) in [6.07, 6.45) is 0.926. The SMILES string of the molecule is Bc1ccc(CCC(=O)OI)nn1. The minimum atomic E-state index is -0.233. The standard InChI is InChI=1S/C7H8BIN2O2/c8-6-3-1-5(10-11-6)2-4-7(12)13-9/h1,3H,2,4,8H2. The Hall–Kier alpha value is -0.655. The van der Waals surface area contributed by atoms with Crippen molar-refractivity contribution in [3.63, 3.8) is 0 Å². The monoisotopic (exact) mass is 290 g/mol. The van der Waals surface area contributed by atoms with Crippen molar-refractivity contribution in [3.05, 3.63) is 17.8 Å². The van der Waals surface area contributed by atoms with Crippen LogP contribution in [0.4, 0.5) is 0 Å². The lowest BCUT2D eigenvalue weighted by Crippen LogP contribution is -2.11. The average molecular weight is 290 g/mol. The second-order valence-corrected chi connectivity index (χ2v) is 3.06. The van der Waals surface area contributed by atoms with Gasteiger partial charge < -0.3 is 3.07 Å². The third kappa shape index (κ3) is 3.71. The molecule has 0 unspecified atom stereocenters. The number of hydrogen-bond donors (Lipinski definition) is 0. The van der Waals surface area contributed by atoms with Gasteiger partial charge in [0.2, 0.25) is 0 Å². The van der Waals surface area contributed by atoms with Crippen LogP contribution in [0.25, 0.3) is 0 Å². The highest BCUT2D eigenvalue weighted by Gasteiger charge is 2.02. The summed E-state index contributed by atoms with van der Waals surface area (Å²) >= 11 is 1.58. The van der Waals surface area contributed by atoms with Crippen molar-refractivity contribution in [2.75, 3.05) is 0 Å². The molecule has 1 aromatic heterocycles. The van der Waals surface area contributed by atoms with Gasteiger partial charge in [0.05, 0.1) is 12.1 Å². The van der Waals surface area contributed by atoms with Crippen LogP contribution in [0.1, 0.15) is 12.1 Å². The topological polar surface area (TPSA) is 52.1 Å². The predicted molar refractivity (Wildman–Crippen MR) is 58.6 cm³/mol. The first-order chi connectivity index (χ1) is 6.22. The molecule has 0 spiro atoms. The van der Waals surface area contributed by atoms with Gasteiger partial charge in [-0.05, 0) is 12.1 Å². The number of rotatable bonds is 3. The fourth-order valence-corrected chi connectivity index (χ4v) is 1.05. The van der Waals surface area contributed by atoms with Crippen LogP contribution in [0.5, 0.6) is 0 Å². The number of nitrogens with zero attached hydrogens (tertiary/aromatic N) is 2. The Morgan fingerprint density at radius 3 is 2.85 bits per heavy atom. The van der Waals surface area contributed by atoms with Gasteiger partial charge in [-0.25, -0.2) is 0 Å². The fraction of sp³-hybridized carbons (Fsp3) is 0.286. The van der Waals surface area contributed by atoms with Gasteiger partial charge in [-0.15, -0.1) is 0 Å². The van der Waals surface area contributed by atoms with E-state index in [0.29, 0.717) is 12.8 Å². The molecule has 1 aromatic rings. The first-order valence-corrected chi connectivity index (χ1v) is 4.71. The van der Waals surface area contributed by atoms with Crippen LogP contribution >= 0.6 is 23.0 Å². The molecular weight excluding hydrogens is 282 g/mol. The molecule has 0 saturated carbocycles. The molecule has 1 rings (SSSR count). The van der Waals surface area contributed by atoms with Gasteiger partial charge in [0.25, 0.3) is 0 Å². The van der Waals surface area contributed by atoms with Crippen LogP contribution in [0, 0.1) is 0 Å². The molecule has 1 heterocycles.